The summed E-state index contributed by atoms with van der Waals surface area (Å²) in [5.41, 5.74) is 4.45. The van der Waals surface area contributed by atoms with Gasteiger partial charge in [0.1, 0.15) is 0 Å². The number of nitrogens with one attached hydrogen (secondary N) is 1. The fraction of sp³-hybridized carbons (Fsp3) is 0.684. The van der Waals surface area contributed by atoms with Crippen LogP contribution in [0.15, 0.2) is 18.2 Å². The van der Waals surface area contributed by atoms with E-state index < -0.39 is 0 Å². The number of fused-ring (bicyclic) bond motifs is 2. The van der Waals surface area contributed by atoms with E-state index in [1.54, 1.807) is 0 Å². The van der Waals surface area contributed by atoms with E-state index in [2.05, 4.69) is 44.3 Å². The monoisotopic (exact) mass is 271 g/mol. The van der Waals surface area contributed by atoms with Crippen molar-refractivity contribution in [3.05, 3.63) is 34.9 Å². The maximum absolute atomic E-state index is 3.75. The summed E-state index contributed by atoms with van der Waals surface area (Å²) in [6.45, 7) is 7.83. The van der Waals surface area contributed by atoms with Crippen LogP contribution in [0.2, 0.25) is 0 Å². The fourth-order valence-electron chi connectivity index (χ4n) is 4.69. The number of hydrogen-bond donors (Lipinski definition) is 1. The van der Waals surface area contributed by atoms with Crippen LogP contribution in [0.3, 0.4) is 0 Å². The van der Waals surface area contributed by atoms with Gasteiger partial charge in [0.05, 0.1) is 0 Å². The van der Waals surface area contributed by atoms with Gasteiger partial charge in [-0.05, 0) is 80.5 Å². The molecule has 4 unspecified atom stereocenters. The van der Waals surface area contributed by atoms with Gasteiger partial charge in [0.15, 0.2) is 0 Å². The van der Waals surface area contributed by atoms with Gasteiger partial charge in [-0.15, -0.1) is 0 Å². The molecule has 2 aliphatic rings. The molecule has 110 valence electrons. The van der Waals surface area contributed by atoms with Gasteiger partial charge in [-0.1, -0.05) is 31.5 Å². The molecule has 2 saturated carbocycles. The molecule has 2 fully saturated rings. The summed E-state index contributed by atoms with van der Waals surface area (Å²) in [6.07, 6.45) is 7.38. The molecule has 20 heavy (non-hydrogen) atoms. The summed E-state index contributed by atoms with van der Waals surface area (Å²) in [7, 11) is 0. The summed E-state index contributed by atoms with van der Waals surface area (Å²) in [4.78, 5) is 0. The van der Waals surface area contributed by atoms with Crippen LogP contribution in [0.25, 0.3) is 0 Å². The van der Waals surface area contributed by atoms with Crippen LogP contribution >= 0.6 is 0 Å². The Morgan fingerprint density at radius 2 is 2.05 bits per heavy atom. The summed E-state index contributed by atoms with van der Waals surface area (Å²) in [6, 6.07) is 7.36. The maximum Gasteiger partial charge on any atom is 0.0325 e. The first-order chi connectivity index (χ1) is 9.69. The van der Waals surface area contributed by atoms with E-state index in [1.807, 2.05) is 0 Å². The molecule has 0 heterocycles. The smallest absolute Gasteiger partial charge is 0.0325 e. The van der Waals surface area contributed by atoms with Crippen LogP contribution in [-0.4, -0.2) is 6.54 Å². The normalized spacial score (nSPS) is 29.9. The van der Waals surface area contributed by atoms with Crippen molar-refractivity contribution in [1.29, 1.82) is 0 Å². The minimum absolute atomic E-state index is 0.559. The molecule has 1 aromatic rings. The van der Waals surface area contributed by atoms with Crippen LogP contribution in [0.1, 0.15) is 61.8 Å². The largest absolute Gasteiger partial charge is 0.310 e. The minimum atomic E-state index is 0.559. The second-order valence-electron chi connectivity index (χ2n) is 7.07. The highest BCUT2D eigenvalue weighted by Crippen LogP contribution is 2.51. The summed E-state index contributed by atoms with van der Waals surface area (Å²) in [5.74, 6) is 3.06. The Bertz CT molecular complexity index is 465. The average molecular weight is 271 g/mol. The maximum atomic E-state index is 3.75. The van der Waals surface area contributed by atoms with Gasteiger partial charge in [0.25, 0.3) is 0 Å². The molecular weight excluding hydrogens is 242 g/mol. The van der Waals surface area contributed by atoms with E-state index in [0.717, 1.165) is 24.3 Å². The first-order valence-corrected chi connectivity index (χ1v) is 8.48. The molecule has 1 heteroatoms. The van der Waals surface area contributed by atoms with Crippen LogP contribution < -0.4 is 5.32 Å². The lowest BCUT2D eigenvalue weighted by Gasteiger charge is -2.28. The highest BCUT2D eigenvalue weighted by atomic mass is 14.9. The predicted octanol–water partition coefficient (Wildman–Crippen LogP) is 4.78. The number of aryl methyl sites for hydroxylation is 1. The van der Waals surface area contributed by atoms with E-state index in [4.69, 9.17) is 0 Å². The topological polar surface area (TPSA) is 12.0 Å². The van der Waals surface area contributed by atoms with Crippen LogP contribution in [-0.2, 0) is 0 Å². The molecule has 0 aromatic heterocycles. The zero-order chi connectivity index (χ0) is 14.1. The highest BCUT2D eigenvalue weighted by Gasteiger charge is 2.40. The molecule has 4 atom stereocenters. The van der Waals surface area contributed by atoms with Crippen LogP contribution in [0.4, 0.5) is 0 Å². The molecule has 0 radical (unpaired) electrons. The number of rotatable bonds is 5. The van der Waals surface area contributed by atoms with Crippen molar-refractivity contribution < 1.29 is 0 Å². The van der Waals surface area contributed by atoms with Crippen LogP contribution in [0.5, 0.6) is 0 Å². The quantitative estimate of drug-likeness (QED) is 0.812. The third-order valence-corrected chi connectivity index (χ3v) is 5.90. The van der Waals surface area contributed by atoms with Gasteiger partial charge in [-0.2, -0.15) is 0 Å². The molecule has 1 aromatic carbocycles. The van der Waals surface area contributed by atoms with Crippen molar-refractivity contribution in [2.24, 2.45) is 17.8 Å². The van der Waals surface area contributed by atoms with E-state index in [9.17, 15) is 0 Å². The lowest BCUT2D eigenvalue weighted by Crippen LogP contribution is -2.26. The van der Waals surface area contributed by atoms with Crippen LogP contribution in [0, 0.1) is 31.6 Å². The Hall–Kier alpha value is -0.820. The number of benzene rings is 1. The van der Waals surface area contributed by atoms with Gasteiger partial charge in [0, 0.05) is 6.04 Å². The van der Waals surface area contributed by atoms with Gasteiger partial charge >= 0.3 is 0 Å². The molecule has 2 bridgehead atoms. The van der Waals surface area contributed by atoms with E-state index in [0.29, 0.717) is 6.04 Å². The van der Waals surface area contributed by atoms with Crippen molar-refractivity contribution in [3.63, 3.8) is 0 Å². The molecule has 0 spiro atoms. The lowest BCUT2D eigenvalue weighted by atomic mass is 9.81. The summed E-state index contributed by atoms with van der Waals surface area (Å²) >= 11 is 0. The molecule has 0 amide bonds. The average Bonchev–Trinajstić information content (AvgIpc) is 3.04. The van der Waals surface area contributed by atoms with Crippen molar-refractivity contribution in [2.45, 2.75) is 58.9 Å². The SMILES string of the molecule is CCNC(CC1CC2CCC1C2)c1cccc(C)c1C. The molecule has 0 aliphatic heterocycles. The predicted molar refractivity (Wildman–Crippen MR) is 85.9 cm³/mol. The zero-order valence-electron chi connectivity index (χ0n) is 13.3. The Labute approximate surface area is 124 Å². The van der Waals surface area contributed by atoms with Gasteiger partial charge in [0.2, 0.25) is 0 Å². The Balaban J connectivity index is 1.77. The third kappa shape index (κ3) is 2.65. The molecule has 2 aliphatic carbocycles. The zero-order valence-corrected chi connectivity index (χ0v) is 13.3. The second kappa shape index (κ2) is 5.89. The van der Waals surface area contributed by atoms with Crippen molar-refractivity contribution >= 4 is 0 Å². The fourth-order valence-corrected chi connectivity index (χ4v) is 4.69. The van der Waals surface area contributed by atoms with Crippen molar-refractivity contribution in [3.8, 4) is 0 Å². The minimum Gasteiger partial charge on any atom is -0.310 e. The Morgan fingerprint density at radius 3 is 2.70 bits per heavy atom. The first kappa shape index (κ1) is 14.1. The van der Waals surface area contributed by atoms with Gasteiger partial charge in [-0.25, -0.2) is 0 Å². The third-order valence-electron chi connectivity index (χ3n) is 5.90. The number of hydrogen-bond acceptors (Lipinski definition) is 1. The van der Waals surface area contributed by atoms with E-state index >= 15 is 0 Å². The summed E-state index contributed by atoms with van der Waals surface area (Å²) < 4.78 is 0. The molecule has 0 saturated heterocycles. The molecule has 1 nitrogen and oxygen atoms in total. The van der Waals surface area contributed by atoms with E-state index in [1.165, 1.54) is 48.8 Å². The summed E-state index contributed by atoms with van der Waals surface area (Å²) in [5, 5.41) is 3.75. The lowest BCUT2D eigenvalue weighted by molar-refractivity contribution is 0.280. The molecule has 3 rings (SSSR count). The van der Waals surface area contributed by atoms with Gasteiger partial charge in [-0.3, -0.25) is 0 Å². The first-order valence-electron chi connectivity index (χ1n) is 8.48. The van der Waals surface area contributed by atoms with Crippen molar-refractivity contribution in [2.75, 3.05) is 6.54 Å². The molecular formula is C19H29N. The van der Waals surface area contributed by atoms with Crippen molar-refractivity contribution in [1.82, 2.24) is 5.32 Å². The highest BCUT2D eigenvalue weighted by molar-refractivity contribution is 5.35. The Kier molecular flexibility index (Phi) is 4.16. The van der Waals surface area contributed by atoms with Gasteiger partial charge < -0.3 is 5.32 Å². The molecule has 1 N–H and O–H groups in total. The van der Waals surface area contributed by atoms with E-state index in [-0.39, 0.29) is 0 Å². The Morgan fingerprint density at radius 1 is 1.20 bits per heavy atom. The standard InChI is InChI=1S/C19H29N/c1-4-20-19(18-7-5-6-13(2)14(18)3)12-17-11-15-8-9-16(17)10-15/h5-7,15-17,19-20H,4,8-12H2,1-3H3. The second-order valence-corrected chi connectivity index (χ2v) is 7.07.